The zero-order valence-corrected chi connectivity index (χ0v) is 10.1. The molecular weight excluding hydrogens is 190 g/mol. The molecule has 0 bridgehead atoms. The molecule has 0 aliphatic carbocycles. The Hall–Kier alpha value is -0.200. The molecule has 0 aliphatic heterocycles. The molecule has 92 valence electrons. The first-order chi connectivity index (χ1) is 7.20. The molecule has 0 saturated carbocycles. The van der Waals surface area contributed by atoms with E-state index in [9.17, 15) is 0 Å². The van der Waals surface area contributed by atoms with E-state index in [1.54, 1.807) is 0 Å². The first kappa shape index (κ1) is 14.8. The highest BCUT2D eigenvalue weighted by Crippen LogP contribution is 1.83. The van der Waals surface area contributed by atoms with E-state index in [2.05, 4.69) is 29.8 Å². The standard InChI is InChI=1S/C10H27N5/c1-3-5-7-13-9(11)15-10(12)14-8-6-4-2/h9-10,13-15H,3-8,11-12H2,1-2H3. The molecule has 0 rings (SSSR count). The molecule has 0 heterocycles. The number of nitrogens with one attached hydrogen (secondary N) is 3. The Morgan fingerprint density at radius 3 is 1.60 bits per heavy atom. The lowest BCUT2D eigenvalue weighted by Crippen LogP contribution is -2.61. The van der Waals surface area contributed by atoms with Crippen molar-refractivity contribution in [2.24, 2.45) is 11.5 Å². The molecule has 0 spiro atoms. The lowest BCUT2D eigenvalue weighted by molar-refractivity contribution is 0.339. The van der Waals surface area contributed by atoms with Crippen LogP contribution in [0.15, 0.2) is 0 Å². The van der Waals surface area contributed by atoms with Gasteiger partial charge in [-0.25, -0.2) is 0 Å². The molecule has 7 N–H and O–H groups in total. The van der Waals surface area contributed by atoms with Crippen molar-refractivity contribution in [1.82, 2.24) is 16.0 Å². The summed E-state index contributed by atoms with van der Waals surface area (Å²) in [6.07, 6.45) is 4.13. The molecule has 0 radical (unpaired) electrons. The zero-order chi connectivity index (χ0) is 11.5. The zero-order valence-electron chi connectivity index (χ0n) is 10.1. The SMILES string of the molecule is CCCCNC(N)NC(N)NCCCC. The molecule has 15 heavy (non-hydrogen) atoms. The molecule has 5 heteroatoms. The molecule has 0 aromatic rings. The predicted octanol–water partition coefficient (Wildman–Crippen LogP) is -0.160. The van der Waals surface area contributed by atoms with Crippen LogP contribution in [0, 0.1) is 0 Å². The molecule has 0 fully saturated rings. The average molecular weight is 217 g/mol. The number of rotatable bonds is 10. The number of unbranched alkanes of at least 4 members (excludes halogenated alkanes) is 2. The summed E-state index contributed by atoms with van der Waals surface area (Å²) in [5.41, 5.74) is 11.6. The maximum atomic E-state index is 5.78. The fourth-order valence-electron chi connectivity index (χ4n) is 1.18. The Labute approximate surface area is 93.4 Å². The normalized spacial score (nSPS) is 15.2. The van der Waals surface area contributed by atoms with Gasteiger partial charge in [0.05, 0.1) is 0 Å². The van der Waals surface area contributed by atoms with E-state index in [1.165, 1.54) is 12.8 Å². The van der Waals surface area contributed by atoms with Crippen molar-refractivity contribution >= 4 is 0 Å². The van der Waals surface area contributed by atoms with Gasteiger partial charge < -0.3 is 11.5 Å². The third-order valence-electron chi connectivity index (χ3n) is 2.15. The lowest BCUT2D eigenvalue weighted by Gasteiger charge is -2.21. The Bertz CT molecular complexity index is 117. The molecule has 5 nitrogen and oxygen atoms in total. The largest absolute Gasteiger partial charge is 0.304 e. The van der Waals surface area contributed by atoms with Crippen LogP contribution in [0.25, 0.3) is 0 Å². The highest BCUT2D eigenvalue weighted by Gasteiger charge is 2.05. The summed E-state index contributed by atoms with van der Waals surface area (Å²) in [7, 11) is 0. The predicted molar refractivity (Wildman–Crippen MR) is 64.9 cm³/mol. The quantitative estimate of drug-likeness (QED) is 0.259. The molecular formula is C10H27N5. The van der Waals surface area contributed by atoms with Gasteiger partial charge in [-0.3, -0.25) is 16.0 Å². The highest BCUT2D eigenvalue weighted by molar-refractivity contribution is 4.62. The molecule has 0 amide bonds. The molecule has 2 atom stereocenters. The van der Waals surface area contributed by atoms with Gasteiger partial charge in [-0.2, -0.15) is 0 Å². The van der Waals surface area contributed by atoms with Crippen molar-refractivity contribution in [2.45, 2.75) is 52.1 Å². The summed E-state index contributed by atoms with van der Waals surface area (Å²) in [6, 6.07) is 0. The van der Waals surface area contributed by atoms with E-state index < -0.39 is 0 Å². The summed E-state index contributed by atoms with van der Waals surface area (Å²) in [5, 5.41) is 9.33. The minimum atomic E-state index is -0.235. The third-order valence-corrected chi connectivity index (χ3v) is 2.15. The summed E-state index contributed by atoms with van der Waals surface area (Å²) in [5.74, 6) is 0. The summed E-state index contributed by atoms with van der Waals surface area (Å²) in [4.78, 5) is 0. The van der Waals surface area contributed by atoms with Crippen LogP contribution in [0.4, 0.5) is 0 Å². The van der Waals surface area contributed by atoms with Crippen molar-refractivity contribution in [3.8, 4) is 0 Å². The van der Waals surface area contributed by atoms with Crippen LogP contribution in [-0.2, 0) is 0 Å². The fraction of sp³-hybridized carbons (Fsp3) is 1.00. The minimum Gasteiger partial charge on any atom is -0.304 e. The molecule has 0 aliphatic rings. The van der Waals surface area contributed by atoms with Gasteiger partial charge in [0, 0.05) is 0 Å². The van der Waals surface area contributed by atoms with Crippen LogP contribution in [0.3, 0.4) is 0 Å². The topological polar surface area (TPSA) is 88.1 Å². The second-order valence-electron chi connectivity index (χ2n) is 3.74. The first-order valence-corrected chi connectivity index (χ1v) is 5.94. The smallest absolute Gasteiger partial charge is 0.111 e. The highest BCUT2D eigenvalue weighted by atomic mass is 15.3. The van der Waals surface area contributed by atoms with Crippen LogP contribution < -0.4 is 27.4 Å². The van der Waals surface area contributed by atoms with Crippen molar-refractivity contribution in [2.75, 3.05) is 13.1 Å². The maximum absolute atomic E-state index is 5.78. The van der Waals surface area contributed by atoms with E-state index in [4.69, 9.17) is 11.5 Å². The van der Waals surface area contributed by atoms with E-state index in [-0.39, 0.29) is 12.6 Å². The van der Waals surface area contributed by atoms with Crippen molar-refractivity contribution in [3.63, 3.8) is 0 Å². The van der Waals surface area contributed by atoms with Crippen molar-refractivity contribution < 1.29 is 0 Å². The van der Waals surface area contributed by atoms with E-state index >= 15 is 0 Å². The van der Waals surface area contributed by atoms with Gasteiger partial charge >= 0.3 is 0 Å². The maximum Gasteiger partial charge on any atom is 0.111 e. The van der Waals surface area contributed by atoms with Gasteiger partial charge in [0.2, 0.25) is 0 Å². The second kappa shape index (κ2) is 10.3. The Morgan fingerprint density at radius 1 is 0.867 bits per heavy atom. The van der Waals surface area contributed by atoms with Crippen LogP contribution in [0.1, 0.15) is 39.5 Å². The molecule has 0 aromatic carbocycles. The van der Waals surface area contributed by atoms with E-state index in [0.717, 1.165) is 25.9 Å². The monoisotopic (exact) mass is 217 g/mol. The molecule has 0 aromatic heterocycles. The summed E-state index contributed by atoms with van der Waals surface area (Å²) >= 11 is 0. The van der Waals surface area contributed by atoms with Gasteiger partial charge in [-0.05, 0) is 25.9 Å². The van der Waals surface area contributed by atoms with Gasteiger partial charge in [-0.1, -0.05) is 26.7 Å². The van der Waals surface area contributed by atoms with Crippen LogP contribution >= 0.6 is 0 Å². The van der Waals surface area contributed by atoms with Crippen LogP contribution in [0.5, 0.6) is 0 Å². The van der Waals surface area contributed by atoms with Crippen molar-refractivity contribution in [1.29, 1.82) is 0 Å². The van der Waals surface area contributed by atoms with E-state index in [0.29, 0.717) is 0 Å². The first-order valence-electron chi connectivity index (χ1n) is 5.94. The lowest BCUT2D eigenvalue weighted by atomic mass is 10.3. The Balaban J connectivity index is 3.35. The summed E-state index contributed by atoms with van der Waals surface area (Å²) < 4.78 is 0. The Kier molecular flexibility index (Phi) is 10.2. The third kappa shape index (κ3) is 10.1. The van der Waals surface area contributed by atoms with E-state index in [1.807, 2.05) is 0 Å². The van der Waals surface area contributed by atoms with Gasteiger partial charge in [0.15, 0.2) is 0 Å². The fourth-order valence-corrected chi connectivity index (χ4v) is 1.18. The van der Waals surface area contributed by atoms with Crippen LogP contribution in [0.2, 0.25) is 0 Å². The van der Waals surface area contributed by atoms with Crippen molar-refractivity contribution in [3.05, 3.63) is 0 Å². The summed E-state index contributed by atoms with van der Waals surface area (Å²) in [6.45, 7) is 6.15. The molecule has 0 saturated heterocycles. The minimum absolute atomic E-state index is 0.235. The number of nitrogens with two attached hydrogens (primary N) is 2. The van der Waals surface area contributed by atoms with Gasteiger partial charge in [0.25, 0.3) is 0 Å². The number of hydrogen-bond donors (Lipinski definition) is 5. The average Bonchev–Trinajstić information content (AvgIpc) is 2.18. The number of hydrogen-bond acceptors (Lipinski definition) is 5. The molecule has 2 unspecified atom stereocenters. The second-order valence-corrected chi connectivity index (χ2v) is 3.74. The van der Waals surface area contributed by atoms with Crippen LogP contribution in [-0.4, -0.2) is 25.7 Å². The van der Waals surface area contributed by atoms with Gasteiger partial charge in [0.1, 0.15) is 12.6 Å². The van der Waals surface area contributed by atoms with Gasteiger partial charge in [-0.15, -0.1) is 0 Å². The Morgan fingerprint density at radius 2 is 1.27 bits per heavy atom.